The molecule has 2 aromatic rings. The molecular formula is C23H26F3N3O3. The molecule has 0 aliphatic carbocycles. The number of hydrogen-bond donors (Lipinski definition) is 1. The molecule has 172 valence electrons. The minimum atomic E-state index is -4.40. The van der Waals surface area contributed by atoms with E-state index in [1.54, 1.807) is 6.07 Å². The molecule has 1 atom stereocenters. The van der Waals surface area contributed by atoms with Crippen LogP contribution in [0.3, 0.4) is 0 Å². The minimum absolute atomic E-state index is 0.0666. The molecule has 1 unspecified atom stereocenters. The van der Waals surface area contributed by atoms with Crippen molar-refractivity contribution in [3.8, 4) is 11.5 Å². The van der Waals surface area contributed by atoms with Gasteiger partial charge in [-0.05, 0) is 42.3 Å². The fraction of sp³-hybridized carbons (Fsp3) is 0.435. The van der Waals surface area contributed by atoms with Gasteiger partial charge in [-0.25, -0.2) is 0 Å². The molecule has 2 aromatic carbocycles. The van der Waals surface area contributed by atoms with Crippen LogP contribution in [0.5, 0.6) is 11.5 Å². The lowest BCUT2D eigenvalue weighted by atomic mass is 10.1. The number of nitrogens with zero attached hydrogens (tertiary/aromatic N) is 2. The average Bonchev–Trinajstić information content (AvgIpc) is 3.25. The van der Waals surface area contributed by atoms with Crippen molar-refractivity contribution in [2.45, 2.75) is 32.2 Å². The second-order valence-electron chi connectivity index (χ2n) is 8.09. The number of rotatable bonds is 6. The third-order valence-corrected chi connectivity index (χ3v) is 5.90. The third kappa shape index (κ3) is 5.34. The minimum Gasteiger partial charge on any atom is -0.454 e. The van der Waals surface area contributed by atoms with Gasteiger partial charge in [0.05, 0.1) is 11.6 Å². The van der Waals surface area contributed by atoms with Gasteiger partial charge in [0.2, 0.25) is 12.7 Å². The van der Waals surface area contributed by atoms with Gasteiger partial charge in [0.1, 0.15) is 0 Å². The Morgan fingerprint density at radius 3 is 2.53 bits per heavy atom. The van der Waals surface area contributed by atoms with Gasteiger partial charge in [-0.15, -0.1) is 0 Å². The number of carbonyl (C=O) groups excluding carboxylic acids is 1. The zero-order valence-electron chi connectivity index (χ0n) is 17.8. The number of amides is 1. The fourth-order valence-electron chi connectivity index (χ4n) is 3.97. The molecule has 2 aliphatic rings. The highest BCUT2D eigenvalue weighted by Crippen LogP contribution is 2.33. The molecular weight excluding hydrogens is 423 g/mol. The monoisotopic (exact) mass is 449 g/mol. The largest absolute Gasteiger partial charge is 0.454 e. The topological polar surface area (TPSA) is 54.0 Å². The first-order valence-electron chi connectivity index (χ1n) is 10.6. The lowest BCUT2D eigenvalue weighted by molar-refractivity contribution is -0.137. The highest BCUT2D eigenvalue weighted by Gasteiger charge is 2.30. The van der Waals surface area contributed by atoms with E-state index in [1.807, 2.05) is 25.1 Å². The first-order valence-corrected chi connectivity index (χ1v) is 10.6. The molecule has 1 saturated heterocycles. The summed E-state index contributed by atoms with van der Waals surface area (Å²) in [6.45, 7) is 6.06. The Morgan fingerprint density at radius 1 is 1.03 bits per heavy atom. The van der Waals surface area contributed by atoms with Crippen molar-refractivity contribution in [2.75, 3.05) is 33.0 Å². The van der Waals surface area contributed by atoms with Crippen LogP contribution < -0.4 is 14.8 Å². The molecule has 9 heteroatoms. The van der Waals surface area contributed by atoms with Crippen molar-refractivity contribution in [2.24, 2.45) is 0 Å². The van der Waals surface area contributed by atoms with Gasteiger partial charge < -0.3 is 14.8 Å². The molecule has 32 heavy (non-hydrogen) atoms. The Balaban J connectivity index is 1.24. The number of hydrogen-bond acceptors (Lipinski definition) is 5. The maximum atomic E-state index is 12.9. The summed E-state index contributed by atoms with van der Waals surface area (Å²) in [5, 5.41) is 2.76. The first kappa shape index (κ1) is 22.4. The lowest BCUT2D eigenvalue weighted by Crippen LogP contribution is -2.53. The standard InChI is InChI=1S/C23H26F3N3O3/c1-16(22(30)27-13-17-3-2-4-19(11-17)23(24,25)26)29-9-7-28(8-10-29)14-18-5-6-20-21(12-18)32-15-31-20/h2-6,11-12,16H,7-10,13-15H2,1H3,(H,27,30). The highest BCUT2D eigenvalue weighted by molar-refractivity contribution is 5.81. The quantitative estimate of drug-likeness (QED) is 0.734. The van der Waals surface area contributed by atoms with Gasteiger partial charge in [0, 0.05) is 39.3 Å². The average molecular weight is 449 g/mol. The maximum absolute atomic E-state index is 12.9. The Kier molecular flexibility index (Phi) is 6.57. The molecule has 0 saturated carbocycles. The summed E-state index contributed by atoms with van der Waals surface area (Å²) in [5.74, 6) is 1.35. The second kappa shape index (κ2) is 9.38. The summed E-state index contributed by atoms with van der Waals surface area (Å²) in [6.07, 6.45) is -4.40. The Hall–Kier alpha value is -2.78. The van der Waals surface area contributed by atoms with Crippen LogP contribution in [0.2, 0.25) is 0 Å². The molecule has 1 amide bonds. The molecule has 2 heterocycles. The lowest BCUT2D eigenvalue weighted by Gasteiger charge is -2.37. The summed E-state index contributed by atoms with van der Waals surface area (Å²) in [4.78, 5) is 17.0. The summed E-state index contributed by atoms with van der Waals surface area (Å²) >= 11 is 0. The number of halogens is 3. The number of carbonyl (C=O) groups is 1. The molecule has 1 N–H and O–H groups in total. The second-order valence-corrected chi connectivity index (χ2v) is 8.09. The Morgan fingerprint density at radius 2 is 1.78 bits per heavy atom. The van der Waals surface area contributed by atoms with Crippen LogP contribution in [0.15, 0.2) is 42.5 Å². The van der Waals surface area contributed by atoms with Gasteiger partial charge in [0.15, 0.2) is 11.5 Å². The predicted octanol–water partition coefficient (Wildman–Crippen LogP) is 3.26. The van der Waals surface area contributed by atoms with E-state index in [0.29, 0.717) is 5.56 Å². The number of piperazine rings is 1. The van der Waals surface area contributed by atoms with Crippen molar-refractivity contribution in [1.29, 1.82) is 0 Å². The normalized spacial score (nSPS) is 17.9. The van der Waals surface area contributed by atoms with Crippen LogP contribution in [0.4, 0.5) is 13.2 Å². The number of alkyl halides is 3. The smallest absolute Gasteiger partial charge is 0.416 e. The summed E-state index contributed by atoms with van der Waals surface area (Å²) in [5.41, 5.74) is 0.861. The van der Waals surface area contributed by atoms with Crippen LogP contribution in [0, 0.1) is 0 Å². The highest BCUT2D eigenvalue weighted by atomic mass is 19.4. The Labute approximate surface area is 184 Å². The van der Waals surface area contributed by atoms with Gasteiger partial charge >= 0.3 is 6.18 Å². The number of nitrogens with one attached hydrogen (secondary N) is 1. The molecule has 1 fully saturated rings. The van der Waals surface area contributed by atoms with Crippen LogP contribution in [-0.2, 0) is 24.1 Å². The third-order valence-electron chi connectivity index (χ3n) is 5.90. The van der Waals surface area contributed by atoms with Crippen molar-refractivity contribution in [3.63, 3.8) is 0 Å². The van der Waals surface area contributed by atoms with E-state index < -0.39 is 11.7 Å². The molecule has 4 rings (SSSR count). The predicted molar refractivity (Wildman–Crippen MR) is 112 cm³/mol. The molecule has 0 aromatic heterocycles. The van der Waals surface area contributed by atoms with Crippen molar-refractivity contribution >= 4 is 5.91 Å². The number of fused-ring (bicyclic) bond motifs is 1. The van der Waals surface area contributed by atoms with Crippen LogP contribution in [0.1, 0.15) is 23.6 Å². The van der Waals surface area contributed by atoms with Crippen LogP contribution >= 0.6 is 0 Å². The first-order chi connectivity index (χ1) is 15.3. The molecule has 0 spiro atoms. The van der Waals surface area contributed by atoms with E-state index in [9.17, 15) is 18.0 Å². The van der Waals surface area contributed by atoms with Gasteiger partial charge in [-0.1, -0.05) is 18.2 Å². The summed E-state index contributed by atoms with van der Waals surface area (Å²) in [7, 11) is 0. The fourth-order valence-corrected chi connectivity index (χ4v) is 3.97. The van der Waals surface area contributed by atoms with Crippen LogP contribution in [0.25, 0.3) is 0 Å². The number of benzene rings is 2. The van der Waals surface area contributed by atoms with Crippen molar-refractivity contribution in [1.82, 2.24) is 15.1 Å². The molecule has 0 radical (unpaired) electrons. The summed E-state index contributed by atoms with van der Waals surface area (Å²) in [6, 6.07) is 10.6. The van der Waals surface area contributed by atoms with E-state index in [2.05, 4.69) is 15.1 Å². The van der Waals surface area contributed by atoms with Gasteiger partial charge in [-0.2, -0.15) is 13.2 Å². The van der Waals surface area contributed by atoms with E-state index >= 15 is 0 Å². The van der Waals surface area contributed by atoms with Crippen LogP contribution in [-0.4, -0.2) is 54.7 Å². The molecule has 6 nitrogen and oxygen atoms in total. The molecule has 0 bridgehead atoms. The maximum Gasteiger partial charge on any atom is 0.416 e. The van der Waals surface area contributed by atoms with Gasteiger partial charge in [0.25, 0.3) is 0 Å². The van der Waals surface area contributed by atoms with Crippen molar-refractivity contribution < 1.29 is 27.4 Å². The number of ether oxygens (including phenoxy) is 2. The zero-order chi connectivity index (χ0) is 22.7. The van der Waals surface area contributed by atoms with E-state index in [0.717, 1.165) is 61.9 Å². The molecule has 2 aliphatic heterocycles. The zero-order valence-corrected chi connectivity index (χ0v) is 17.8. The summed E-state index contributed by atoms with van der Waals surface area (Å²) < 4.78 is 49.3. The van der Waals surface area contributed by atoms with E-state index in [4.69, 9.17) is 9.47 Å². The van der Waals surface area contributed by atoms with E-state index in [-0.39, 0.29) is 25.3 Å². The SMILES string of the molecule is CC(C(=O)NCc1cccc(C(F)(F)F)c1)N1CCN(Cc2ccc3c(c2)OCO3)CC1. The van der Waals surface area contributed by atoms with Crippen molar-refractivity contribution in [3.05, 3.63) is 59.2 Å². The van der Waals surface area contributed by atoms with E-state index in [1.165, 1.54) is 6.07 Å². The van der Waals surface area contributed by atoms with Gasteiger partial charge in [-0.3, -0.25) is 14.6 Å². The Bertz CT molecular complexity index is 959.